The van der Waals surface area contributed by atoms with E-state index in [0.29, 0.717) is 12.5 Å². The maximum absolute atomic E-state index is 11.4. The molecule has 1 heterocycles. The third-order valence-electron chi connectivity index (χ3n) is 2.91. The Morgan fingerprint density at radius 2 is 2.11 bits per heavy atom. The zero-order valence-corrected chi connectivity index (χ0v) is 10.6. The van der Waals surface area contributed by atoms with Crippen LogP contribution in [-0.2, 0) is 4.79 Å². The highest BCUT2D eigenvalue weighted by atomic mass is 16.4. The van der Waals surface area contributed by atoms with Gasteiger partial charge in [-0.1, -0.05) is 32.0 Å². The van der Waals surface area contributed by atoms with Crippen molar-refractivity contribution in [3.8, 4) is 0 Å². The van der Waals surface area contributed by atoms with Gasteiger partial charge in [0.2, 0.25) is 0 Å². The molecule has 0 spiro atoms. The predicted molar refractivity (Wildman–Crippen MR) is 71.5 cm³/mol. The van der Waals surface area contributed by atoms with Crippen molar-refractivity contribution in [3.63, 3.8) is 0 Å². The number of hydrogen-bond donors (Lipinski definition) is 3. The summed E-state index contributed by atoms with van der Waals surface area (Å²) in [5.41, 5.74) is 1.75. The van der Waals surface area contributed by atoms with Gasteiger partial charge in [0, 0.05) is 22.7 Å². The molecule has 0 aliphatic carbocycles. The first kappa shape index (κ1) is 12.6. The minimum atomic E-state index is -0.847. The van der Waals surface area contributed by atoms with Crippen LogP contribution in [0.2, 0.25) is 0 Å². The third-order valence-corrected chi connectivity index (χ3v) is 2.91. The molecule has 0 radical (unpaired) electrons. The largest absolute Gasteiger partial charge is 0.480 e. The van der Waals surface area contributed by atoms with Crippen molar-refractivity contribution in [2.45, 2.75) is 19.9 Å². The molecule has 2 rings (SSSR count). The summed E-state index contributed by atoms with van der Waals surface area (Å²) in [5, 5.41) is 13.4. The number of carbonyl (C=O) groups is 1. The number of H-pyrrole nitrogens is 1. The Hall–Kier alpha value is -1.81. The highest BCUT2D eigenvalue weighted by molar-refractivity contribution is 5.89. The van der Waals surface area contributed by atoms with Crippen LogP contribution in [0, 0.1) is 5.92 Å². The maximum atomic E-state index is 11.4. The number of rotatable bonds is 5. The summed E-state index contributed by atoms with van der Waals surface area (Å²) >= 11 is 0. The summed E-state index contributed by atoms with van der Waals surface area (Å²) in [6.07, 6.45) is 1.77. The molecule has 1 aromatic heterocycles. The van der Waals surface area contributed by atoms with Gasteiger partial charge in [0.05, 0.1) is 0 Å². The van der Waals surface area contributed by atoms with E-state index in [4.69, 9.17) is 0 Å². The van der Waals surface area contributed by atoms with Crippen LogP contribution >= 0.6 is 0 Å². The second-order valence-corrected chi connectivity index (χ2v) is 4.86. The highest BCUT2D eigenvalue weighted by Gasteiger charge is 2.22. The summed E-state index contributed by atoms with van der Waals surface area (Å²) in [5.74, 6) is -0.433. The average molecular weight is 246 g/mol. The van der Waals surface area contributed by atoms with Crippen LogP contribution in [0.25, 0.3) is 10.9 Å². The number of benzene rings is 1. The molecule has 1 aromatic carbocycles. The number of carboxylic acids is 1. The SMILES string of the molecule is CC(C)CN[C@@H](C(=O)O)c1c[nH]c2ccccc12. The lowest BCUT2D eigenvalue weighted by molar-refractivity contribution is -0.139. The Labute approximate surface area is 106 Å². The monoisotopic (exact) mass is 246 g/mol. The van der Waals surface area contributed by atoms with Crippen molar-refractivity contribution < 1.29 is 9.90 Å². The van der Waals surface area contributed by atoms with Crippen LogP contribution in [0.5, 0.6) is 0 Å². The normalized spacial score (nSPS) is 13.1. The lowest BCUT2D eigenvalue weighted by Gasteiger charge is -2.15. The Morgan fingerprint density at radius 3 is 2.78 bits per heavy atom. The topological polar surface area (TPSA) is 65.1 Å². The van der Waals surface area contributed by atoms with Crippen LogP contribution in [0.3, 0.4) is 0 Å². The van der Waals surface area contributed by atoms with E-state index in [0.717, 1.165) is 16.5 Å². The number of hydrogen-bond acceptors (Lipinski definition) is 2. The summed E-state index contributed by atoms with van der Waals surface area (Å²) in [4.78, 5) is 14.5. The van der Waals surface area contributed by atoms with E-state index in [9.17, 15) is 9.90 Å². The molecule has 0 unspecified atom stereocenters. The Morgan fingerprint density at radius 1 is 1.39 bits per heavy atom. The first-order valence-electron chi connectivity index (χ1n) is 6.11. The number of aliphatic carboxylic acids is 1. The molecule has 4 heteroatoms. The molecule has 18 heavy (non-hydrogen) atoms. The van der Waals surface area contributed by atoms with Gasteiger partial charge >= 0.3 is 5.97 Å². The van der Waals surface area contributed by atoms with Crippen molar-refractivity contribution in [2.75, 3.05) is 6.54 Å². The molecule has 4 nitrogen and oxygen atoms in total. The van der Waals surface area contributed by atoms with Gasteiger partial charge in [0.1, 0.15) is 6.04 Å². The number of para-hydroxylation sites is 1. The number of aromatic amines is 1. The highest BCUT2D eigenvalue weighted by Crippen LogP contribution is 2.24. The minimum absolute atomic E-state index is 0.414. The fourth-order valence-corrected chi connectivity index (χ4v) is 2.02. The van der Waals surface area contributed by atoms with E-state index < -0.39 is 12.0 Å². The summed E-state index contributed by atoms with van der Waals surface area (Å²) < 4.78 is 0. The van der Waals surface area contributed by atoms with Crippen molar-refractivity contribution >= 4 is 16.9 Å². The van der Waals surface area contributed by atoms with E-state index >= 15 is 0 Å². The molecule has 0 amide bonds. The molecular formula is C14H18N2O2. The lowest BCUT2D eigenvalue weighted by Crippen LogP contribution is -2.31. The standard InChI is InChI=1S/C14H18N2O2/c1-9(2)7-16-13(14(17)18)11-8-15-12-6-4-3-5-10(11)12/h3-6,8-9,13,15-16H,7H2,1-2H3,(H,17,18)/t13-/m1/s1. The Kier molecular flexibility index (Phi) is 3.67. The Bertz CT molecular complexity index is 545. The smallest absolute Gasteiger partial charge is 0.325 e. The van der Waals surface area contributed by atoms with Gasteiger partial charge < -0.3 is 15.4 Å². The number of aromatic nitrogens is 1. The van der Waals surface area contributed by atoms with Crippen LogP contribution in [0.4, 0.5) is 0 Å². The third kappa shape index (κ3) is 2.54. The second-order valence-electron chi connectivity index (χ2n) is 4.86. The zero-order valence-electron chi connectivity index (χ0n) is 10.6. The second kappa shape index (κ2) is 5.23. The Balaban J connectivity index is 2.33. The molecule has 0 saturated carbocycles. The van der Waals surface area contributed by atoms with E-state index in [1.54, 1.807) is 6.20 Å². The van der Waals surface area contributed by atoms with Gasteiger partial charge in [-0.25, -0.2) is 0 Å². The van der Waals surface area contributed by atoms with E-state index in [1.165, 1.54) is 0 Å². The summed E-state index contributed by atoms with van der Waals surface area (Å²) in [7, 11) is 0. The minimum Gasteiger partial charge on any atom is -0.480 e. The van der Waals surface area contributed by atoms with Gasteiger partial charge in [-0.15, -0.1) is 0 Å². The first-order valence-corrected chi connectivity index (χ1v) is 6.11. The van der Waals surface area contributed by atoms with Gasteiger partial charge in [0.25, 0.3) is 0 Å². The van der Waals surface area contributed by atoms with Crippen molar-refractivity contribution in [1.82, 2.24) is 10.3 Å². The van der Waals surface area contributed by atoms with E-state index in [2.05, 4.69) is 24.1 Å². The molecule has 0 saturated heterocycles. The van der Waals surface area contributed by atoms with Crippen molar-refractivity contribution in [3.05, 3.63) is 36.0 Å². The van der Waals surface area contributed by atoms with Gasteiger partial charge in [0.15, 0.2) is 0 Å². The number of nitrogens with one attached hydrogen (secondary N) is 2. The molecular weight excluding hydrogens is 228 g/mol. The molecule has 3 N–H and O–H groups in total. The number of carboxylic acid groups (broad SMARTS) is 1. The van der Waals surface area contributed by atoms with Crippen LogP contribution in [0.15, 0.2) is 30.5 Å². The molecule has 2 aromatic rings. The van der Waals surface area contributed by atoms with E-state index in [-0.39, 0.29) is 0 Å². The molecule has 0 fully saturated rings. The molecule has 1 atom stereocenters. The van der Waals surface area contributed by atoms with Crippen LogP contribution in [-0.4, -0.2) is 22.6 Å². The van der Waals surface area contributed by atoms with Gasteiger partial charge in [-0.3, -0.25) is 4.79 Å². The van der Waals surface area contributed by atoms with Gasteiger partial charge in [-0.05, 0) is 18.5 Å². The van der Waals surface area contributed by atoms with Crippen LogP contribution in [0.1, 0.15) is 25.5 Å². The molecule has 0 bridgehead atoms. The average Bonchev–Trinajstić information content (AvgIpc) is 2.73. The van der Waals surface area contributed by atoms with Crippen molar-refractivity contribution in [1.29, 1.82) is 0 Å². The molecule has 96 valence electrons. The molecule has 0 aliphatic rings. The van der Waals surface area contributed by atoms with Gasteiger partial charge in [-0.2, -0.15) is 0 Å². The summed E-state index contributed by atoms with van der Waals surface area (Å²) in [6.45, 7) is 4.79. The molecule has 0 aliphatic heterocycles. The van der Waals surface area contributed by atoms with Crippen molar-refractivity contribution in [2.24, 2.45) is 5.92 Å². The zero-order chi connectivity index (χ0) is 13.1. The maximum Gasteiger partial charge on any atom is 0.325 e. The fraction of sp³-hybridized carbons (Fsp3) is 0.357. The number of fused-ring (bicyclic) bond motifs is 1. The predicted octanol–water partition coefficient (Wildman–Crippen LogP) is 2.54. The lowest BCUT2D eigenvalue weighted by atomic mass is 10.1. The fourth-order valence-electron chi connectivity index (χ4n) is 2.02. The van der Waals surface area contributed by atoms with Crippen LogP contribution < -0.4 is 5.32 Å². The van der Waals surface area contributed by atoms with E-state index in [1.807, 2.05) is 24.3 Å². The quantitative estimate of drug-likeness (QED) is 0.759. The first-order chi connectivity index (χ1) is 8.59. The summed E-state index contributed by atoms with van der Waals surface area (Å²) in [6, 6.07) is 7.07.